The number of anilines is 2. The quantitative estimate of drug-likeness (QED) is 0.549. The molecule has 4 N–H and O–H groups in total. The summed E-state index contributed by atoms with van der Waals surface area (Å²) >= 11 is 1.96. The normalized spacial score (nSPS) is 16.8. The molecule has 1 aromatic rings. The van der Waals surface area contributed by atoms with Crippen molar-refractivity contribution in [1.82, 2.24) is 9.97 Å². The van der Waals surface area contributed by atoms with E-state index in [0.29, 0.717) is 10.6 Å². The lowest BCUT2D eigenvalue weighted by Crippen LogP contribution is -2.40. The molecule has 106 valence electrons. The molecule has 0 aliphatic heterocycles. The number of rotatable bonds is 6. The molecular formula is C13H23N5S. The van der Waals surface area contributed by atoms with Crippen molar-refractivity contribution in [2.45, 2.75) is 44.3 Å². The summed E-state index contributed by atoms with van der Waals surface area (Å²) in [5.41, 5.74) is 3.63. The van der Waals surface area contributed by atoms with Gasteiger partial charge in [-0.05, 0) is 26.0 Å². The smallest absolute Gasteiger partial charge is 0.148 e. The Balaban J connectivity index is 2.14. The molecule has 0 amide bonds. The third-order valence-corrected chi connectivity index (χ3v) is 5.34. The summed E-state index contributed by atoms with van der Waals surface area (Å²) in [5, 5.41) is 3.49. The third-order valence-electron chi connectivity index (χ3n) is 3.92. The van der Waals surface area contributed by atoms with E-state index in [1.165, 1.54) is 19.3 Å². The van der Waals surface area contributed by atoms with E-state index in [4.69, 9.17) is 5.84 Å². The SMILES string of the molecule is CCc1nc(NN)c(C)c(NCC2(SC)CCC2)n1. The first-order valence-electron chi connectivity index (χ1n) is 6.77. The molecule has 0 bridgehead atoms. The Morgan fingerprint density at radius 2 is 2.00 bits per heavy atom. The Morgan fingerprint density at radius 3 is 2.47 bits per heavy atom. The third kappa shape index (κ3) is 2.95. The van der Waals surface area contributed by atoms with E-state index < -0.39 is 0 Å². The molecule has 19 heavy (non-hydrogen) atoms. The molecule has 6 heteroatoms. The minimum absolute atomic E-state index is 0.389. The van der Waals surface area contributed by atoms with E-state index in [1.54, 1.807) is 0 Å². The summed E-state index contributed by atoms with van der Waals surface area (Å²) in [6, 6.07) is 0. The minimum Gasteiger partial charge on any atom is -0.368 e. The van der Waals surface area contributed by atoms with Gasteiger partial charge in [-0.3, -0.25) is 0 Å². The second-order valence-electron chi connectivity index (χ2n) is 5.05. The zero-order chi connectivity index (χ0) is 13.9. The number of nitrogens with one attached hydrogen (secondary N) is 2. The Labute approximate surface area is 119 Å². The number of nitrogen functional groups attached to an aromatic ring is 1. The Morgan fingerprint density at radius 1 is 1.32 bits per heavy atom. The van der Waals surface area contributed by atoms with Crippen LogP contribution in [0.25, 0.3) is 0 Å². The van der Waals surface area contributed by atoms with Crippen LogP contribution in [0.15, 0.2) is 0 Å². The zero-order valence-electron chi connectivity index (χ0n) is 11.9. The number of nitrogens with two attached hydrogens (primary N) is 1. The van der Waals surface area contributed by atoms with E-state index in [1.807, 2.05) is 25.6 Å². The second-order valence-corrected chi connectivity index (χ2v) is 6.33. The molecule has 1 saturated carbocycles. The van der Waals surface area contributed by atoms with E-state index in [2.05, 4.69) is 27.0 Å². The average Bonchev–Trinajstić information content (AvgIpc) is 2.39. The summed E-state index contributed by atoms with van der Waals surface area (Å²) in [6.07, 6.45) is 6.90. The van der Waals surface area contributed by atoms with E-state index >= 15 is 0 Å². The molecule has 1 fully saturated rings. The number of aryl methyl sites for hydroxylation is 1. The van der Waals surface area contributed by atoms with Crippen LogP contribution >= 0.6 is 11.8 Å². The van der Waals surface area contributed by atoms with Gasteiger partial charge >= 0.3 is 0 Å². The van der Waals surface area contributed by atoms with Gasteiger partial charge in [-0.2, -0.15) is 11.8 Å². The molecule has 5 nitrogen and oxygen atoms in total. The summed E-state index contributed by atoms with van der Waals surface area (Å²) in [6.45, 7) is 4.99. The second kappa shape index (κ2) is 5.96. The van der Waals surface area contributed by atoms with Gasteiger partial charge in [-0.1, -0.05) is 13.3 Å². The monoisotopic (exact) mass is 281 g/mol. The van der Waals surface area contributed by atoms with Gasteiger partial charge in [0.2, 0.25) is 0 Å². The number of nitrogens with zero attached hydrogens (tertiary/aromatic N) is 2. The van der Waals surface area contributed by atoms with Gasteiger partial charge in [-0.25, -0.2) is 15.8 Å². The summed E-state index contributed by atoms with van der Waals surface area (Å²) in [5.74, 6) is 7.94. The van der Waals surface area contributed by atoms with Gasteiger partial charge in [0.25, 0.3) is 0 Å². The molecule has 1 aromatic heterocycles. The van der Waals surface area contributed by atoms with Gasteiger partial charge in [0.1, 0.15) is 17.5 Å². The molecule has 1 aliphatic rings. The van der Waals surface area contributed by atoms with Crippen molar-refractivity contribution in [3.05, 3.63) is 11.4 Å². The van der Waals surface area contributed by atoms with Crippen LogP contribution in [0.4, 0.5) is 11.6 Å². The Bertz CT molecular complexity index is 439. The molecule has 1 heterocycles. The average molecular weight is 281 g/mol. The van der Waals surface area contributed by atoms with E-state index in [9.17, 15) is 0 Å². The standard InChI is InChI=1S/C13H23N5S/c1-4-10-16-11(9(2)12(17-10)18-14)15-8-13(19-3)6-5-7-13/h4-8,14H2,1-3H3,(H2,15,16,17,18). The van der Waals surface area contributed by atoms with Gasteiger partial charge in [0.05, 0.1) is 0 Å². The van der Waals surface area contributed by atoms with Crippen LogP contribution in [0.1, 0.15) is 37.6 Å². The van der Waals surface area contributed by atoms with Gasteiger partial charge in [0.15, 0.2) is 0 Å². The van der Waals surface area contributed by atoms with E-state index in [0.717, 1.165) is 30.2 Å². The topological polar surface area (TPSA) is 75.9 Å². The molecule has 2 rings (SSSR count). The molecule has 0 saturated heterocycles. The number of thioether (sulfide) groups is 1. The van der Waals surface area contributed by atoms with Crippen molar-refractivity contribution in [1.29, 1.82) is 0 Å². The first-order chi connectivity index (χ1) is 9.14. The molecule has 1 aliphatic carbocycles. The van der Waals surface area contributed by atoms with Crippen LogP contribution in [-0.2, 0) is 6.42 Å². The summed E-state index contributed by atoms with van der Waals surface area (Å²) < 4.78 is 0.389. The predicted octanol–water partition coefficient (Wildman–Crippen LogP) is 2.33. The van der Waals surface area contributed by atoms with Crippen molar-refractivity contribution < 1.29 is 0 Å². The van der Waals surface area contributed by atoms with Crippen molar-refractivity contribution in [2.75, 3.05) is 23.5 Å². The maximum absolute atomic E-state index is 5.52. The van der Waals surface area contributed by atoms with Crippen LogP contribution in [0, 0.1) is 6.92 Å². The zero-order valence-corrected chi connectivity index (χ0v) is 12.7. The largest absolute Gasteiger partial charge is 0.368 e. The van der Waals surface area contributed by atoms with Crippen LogP contribution in [0.3, 0.4) is 0 Å². The van der Waals surface area contributed by atoms with Gasteiger partial charge < -0.3 is 10.7 Å². The van der Waals surface area contributed by atoms with Gasteiger partial charge in [-0.15, -0.1) is 0 Å². The fraction of sp³-hybridized carbons (Fsp3) is 0.692. The Kier molecular flexibility index (Phi) is 4.52. The molecule has 0 atom stereocenters. The number of hydrazine groups is 1. The molecule has 0 spiro atoms. The van der Waals surface area contributed by atoms with Crippen LogP contribution < -0.4 is 16.6 Å². The lowest BCUT2D eigenvalue weighted by molar-refractivity contribution is 0.379. The van der Waals surface area contributed by atoms with Crippen molar-refractivity contribution >= 4 is 23.4 Å². The first-order valence-corrected chi connectivity index (χ1v) is 8.00. The van der Waals surface area contributed by atoms with Crippen molar-refractivity contribution in [3.8, 4) is 0 Å². The molecule has 0 aromatic carbocycles. The van der Waals surface area contributed by atoms with Crippen molar-refractivity contribution in [2.24, 2.45) is 5.84 Å². The van der Waals surface area contributed by atoms with E-state index in [-0.39, 0.29) is 0 Å². The Hall–Kier alpha value is -1.01. The highest BCUT2D eigenvalue weighted by atomic mass is 32.2. The highest BCUT2D eigenvalue weighted by Gasteiger charge is 2.36. The number of aromatic nitrogens is 2. The fourth-order valence-corrected chi connectivity index (χ4v) is 3.22. The lowest BCUT2D eigenvalue weighted by atomic mass is 9.84. The number of hydrogen-bond donors (Lipinski definition) is 3. The summed E-state index contributed by atoms with van der Waals surface area (Å²) in [4.78, 5) is 8.94. The van der Waals surface area contributed by atoms with Crippen LogP contribution in [-0.4, -0.2) is 27.5 Å². The van der Waals surface area contributed by atoms with Crippen LogP contribution in [0.2, 0.25) is 0 Å². The summed E-state index contributed by atoms with van der Waals surface area (Å²) in [7, 11) is 0. The van der Waals surface area contributed by atoms with Crippen molar-refractivity contribution in [3.63, 3.8) is 0 Å². The van der Waals surface area contributed by atoms with Crippen LogP contribution in [0.5, 0.6) is 0 Å². The fourth-order valence-electron chi connectivity index (χ4n) is 2.30. The molecular weight excluding hydrogens is 258 g/mol. The molecule has 0 radical (unpaired) electrons. The minimum atomic E-state index is 0.389. The lowest BCUT2D eigenvalue weighted by Gasteiger charge is -2.40. The first kappa shape index (κ1) is 14.4. The predicted molar refractivity (Wildman–Crippen MR) is 82.5 cm³/mol. The highest BCUT2D eigenvalue weighted by molar-refractivity contribution is 8.00. The maximum Gasteiger partial charge on any atom is 0.148 e. The van der Waals surface area contributed by atoms with Gasteiger partial charge in [0, 0.05) is 23.3 Å². The highest BCUT2D eigenvalue weighted by Crippen LogP contribution is 2.42. The molecule has 0 unspecified atom stereocenters. The maximum atomic E-state index is 5.52. The number of hydrogen-bond acceptors (Lipinski definition) is 6.